The lowest BCUT2D eigenvalue weighted by molar-refractivity contribution is 1.24. The van der Waals surface area contributed by atoms with E-state index in [1.54, 1.807) is 18.2 Å². The van der Waals surface area contributed by atoms with Gasteiger partial charge in [-0.25, -0.2) is 0 Å². The molecule has 17 heavy (non-hydrogen) atoms. The van der Waals surface area contributed by atoms with Crippen molar-refractivity contribution in [1.29, 1.82) is 0 Å². The van der Waals surface area contributed by atoms with E-state index in [1.807, 2.05) is 36.4 Å². The third-order valence-corrected chi connectivity index (χ3v) is 2.22. The third kappa shape index (κ3) is 3.72. The van der Waals surface area contributed by atoms with Crippen LogP contribution < -0.4 is 0 Å². The Morgan fingerprint density at radius 2 is 1.82 bits per heavy atom. The fourth-order valence-corrected chi connectivity index (χ4v) is 1.47. The van der Waals surface area contributed by atoms with Crippen molar-refractivity contribution in [1.82, 2.24) is 0 Å². The second-order valence-corrected chi connectivity index (χ2v) is 3.41. The van der Waals surface area contributed by atoms with Gasteiger partial charge < -0.3 is 0 Å². The van der Waals surface area contributed by atoms with Crippen molar-refractivity contribution in [2.24, 2.45) is 4.99 Å². The second-order valence-electron chi connectivity index (χ2n) is 3.41. The summed E-state index contributed by atoms with van der Waals surface area (Å²) in [5, 5.41) is 0. The summed E-state index contributed by atoms with van der Waals surface area (Å²) < 4.78 is 0. The van der Waals surface area contributed by atoms with Gasteiger partial charge in [0.1, 0.15) is 0 Å². The van der Waals surface area contributed by atoms with E-state index in [9.17, 15) is 0 Å². The standard InChI is InChI=1S/C16H17N/c1-4-10-14(6-3)16(17-13-5-2)15-11-8-7-9-12-15/h4-12H,1-3,13H2/b14-10+,17-16?. The molecule has 0 unspecified atom stereocenters. The Kier molecular flexibility index (Phi) is 5.45. The Morgan fingerprint density at radius 3 is 2.35 bits per heavy atom. The first-order valence-corrected chi connectivity index (χ1v) is 5.49. The van der Waals surface area contributed by atoms with Crippen molar-refractivity contribution in [3.05, 3.63) is 85.5 Å². The van der Waals surface area contributed by atoms with E-state index in [0.29, 0.717) is 6.54 Å². The van der Waals surface area contributed by atoms with Crippen LogP contribution in [0.15, 0.2) is 84.9 Å². The van der Waals surface area contributed by atoms with Gasteiger partial charge in [0.2, 0.25) is 0 Å². The molecule has 0 spiro atoms. The Balaban J connectivity index is 3.21. The minimum absolute atomic E-state index is 0.590. The molecule has 1 aromatic carbocycles. The molecule has 0 amide bonds. The zero-order valence-electron chi connectivity index (χ0n) is 9.97. The van der Waals surface area contributed by atoms with Crippen LogP contribution in [0.4, 0.5) is 0 Å². The van der Waals surface area contributed by atoms with E-state index >= 15 is 0 Å². The lowest BCUT2D eigenvalue weighted by Gasteiger charge is -2.07. The Hall–Kier alpha value is -2.15. The molecule has 0 aliphatic carbocycles. The van der Waals surface area contributed by atoms with Crippen LogP contribution in [0.5, 0.6) is 0 Å². The number of nitrogens with zero attached hydrogens (tertiary/aromatic N) is 1. The van der Waals surface area contributed by atoms with Gasteiger partial charge in [-0.3, -0.25) is 4.99 Å². The van der Waals surface area contributed by atoms with Crippen molar-refractivity contribution in [3.63, 3.8) is 0 Å². The number of benzene rings is 1. The Bertz CT molecular complexity index is 450. The van der Waals surface area contributed by atoms with Crippen molar-refractivity contribution < 1.29 is 0 Å². The van der Waals surface area contributed by atoms with Crippen LogP contribution in [0.2, 0.25) is 0 Å². The zero-order chi connectivity index (χ0) is 12.5. The molecule has 0 saturated heterocycles. The first kappa shape index (κ1) is 12.9. The normalized spacial score (nSPS) is 12.0. The quantitative estimate of drug-likeness (QED) is 0.393. The van der Waals surface area contributed by atoms with Crippen LogP contribution in [0.25, 0.3) is 0 Å². The second kappa shape index (κ2) is 7.18. The monoisotopic (exact) mass is 223 g/mol. The average Bonchev–Trinajstić information content (AvgIpc) is 2.39. The van der Waals surface area contributed by atoms with Gasteiger partial charge in [-0.2, -0.15) is 0 Å². The molecule has 0 radical (unpaired) electrons. The van der Waals surface area contributed by atoms with E-state index in [0.717, 1.165) is 16.8 Å². The number of allylic oxidation sites excluding steroid dienone is 4. The van der Waals surface area contributed by atoms with Crippen molar-refractivity contribution in [3.8, 4) is 0 Å². The molecule has 0 aromatic heterocycles. The van der Waals surface area contributed by atoms with Gasteiger partial charge in [-0.05, 0) is 5.57 Å². The number of aliphatic imine (C=N–C) groups is 1. The summed E-state index contributed by atoms with van der Waals surface area (Å²) in [6.07, 6.45) is 7.21. The smallest absolute Gasteiger partial charge is 0.0722 e. The maximum absolute atomic E-state index is 4.51. The summed E-state index contributed by atoms with van der Waals surface area (Å²) >= 11 is 0. The molecule has 0 fully saturated rings. The highest BCUT2D eigenvalue weighted by molar-refractivity contribution is 6.14. The fourth-order valence-electron chi connectivity index (χ4n) is 1.47. The third-order valence-electron chi connectivity index (χ3n) is 2.22. The lowest BCUT2D eigenvalue weighted by atomic mass is 10.0. The van der Waals surface area contributed by atoms with Gasteiger partial charge in [0.25, 0.3) is 0 Å². The molecular weight excluding hydrogens is 206 g/mol. The predicted octanol–water partition coefficient (Wildman–Crippen LogP) is 3.96. The van der Waals surface area contributed by atoms with Crippen LogP contribution in [0.1, 0.15) is 5.56 Å². The Labute approximate surface area is 103 Å². The molecule has 0 aliphatic heterocycles. The van der Waals surface area contributed by atoms with E-state index < -0.39 is 0 Å². The summed E-state index contributed by atoms with van der Waals surface area (Å²) in [6, 6.07) is 10.0. The van der Waals surface area contributed by atoms with Crippen LogP contribution in [-0.4, -0.2) is 12.3 Å². The molecule has 1 heteroatoms. The minimum Gasteiger partial charge on any atom is -0.280 e. The molecule has 1 aromatic rings. The van der Waals surface area contributed by atoms with Crippen molar-refractivity contribution in [2.75, 3.05) is 6.54 Å². The molecule has 0 bridgehead atoms. The number of hydrogen-bond acceptors (Lipinski definition) is 1. The highest BCUT2D eigenvalue weighted by Gasteiger charge is 2.05. The molecule has 0 atom stereocenters. The highest BCUT2D eigenvalue weighted by Crippen LogP contribution is 2.11. The molecule has 0 heterocycles. The van der Waals surface area contributed by atoms with Crippen LogP contribution >= 0.6 is 0 Å². The molecule has 1 nitrogen and oxygen atoms in total. The summed E-state index contributed by atoms with van der Waals surface area (Å²) in [6.45, 7) is 11.8. The number of rotatable bonds is 6. The lowest BCUT2D eigenvalue weighted by Crippen LogP contribution is -2.04. The SMILES string of the molecule is C=C/C=C(\C=C)C(=NCC=C)c1ccccc1. The molecule has 1 rings (SSSR count). The summed E-state index contributed by atoms with van der Waals surface area (Å²) in [7, 11) is 0. The van der Waals surface area contributed by atoms with E-state index in [2.05, 4.69) is 24.7 Å². The van der Waals surface area contributed by atoms with Crippen molar-refractivity contribution in [2.45, 2.75) is 0 Å². The zero-order valence-corrected chi connectivity index (χ0v) is 9.97. The van der Waals surface area contributed by atoms with Crippen LogP contribution in [-0.2, 0) is 0 Å². The summed E-state index contributed by atoms with van der Waals surface area (Å²) in [5.41, 5.74) is 2.95. The topological polar surface area (TPSA) is 12.4 Å². The molecular formula is C16H17N. The van der Waals surface area contributed by atoms with Crippen LogP contribution in [0.3, 0.4) is 0 Å². The first-order valence-electron chi connectivity index (χ1n) is 5.49. The maximum atomic E-state index is 4.51. The van der Waals surface area contributed by atoms with Crippen LogP contribution in [0, 0.1) is 0 Å². The minimum atomic E-state index is 0.590. The van der Waals surface area contributed by atoms with Gasteiger partial charge in [0.15, 0.2) is 0 Å². The summed E-state index contributed by atoms with van der Waals surface area (Å²) in [4.78, 5) is 4.51. The predicted molar refractivity (Wildman–Crippen MR) is 76.5 cm³/mol. The van der Waals surface area contributed by atoms with E-state index in [-0.39, 0.29) is 0 Å². The highest BCUT2D eigenvalue weighted by atomic mass is 14.7. The fraction of sp³-hybridized carbons (Fsp3) is 0.0625. The molecule has 0 saturated carbocycles. The van der Waals surface area contributed by atoms with Gasteiger partial charge in [-0.1, -0.05) is 67.8 Å². The van der Waals surface area contributed by atoms with Gasteiger partial charge in [0, 0.05) is 5.56 Å². The van der Waals surface area contributed by atoms with Gasteiger partial charge >= 0.3 is 0 Å². The molecule has 0 aliphatic rings. The average molecular weight is 223 g/mol. The maximum Gasteiger partial charge on any atom is 0.0722 e. The first-order chi connectivity index (χ1) is 8.33. The van der Waals surface area contributed by atoms with E-state index in [1.165, 1.54) is 0 Å². The Morgan fingerprint density at radius 1 is 1.12 bits per heavy atom. The summed E-state index contributed by atoms with van der Waals surface area (Å²) in [5.74, 6) is 0. The number of hydrogen-bond donors (Lipinski definition) is 0. The molecule has 86 valence electrons. The van der Waals surface area contributed by atoms with E-state index in [4.69, 9.17) is 0 Å². The van der Waals surface area contributed by atoms with Crippen molar-refractivity contribution >= 4 is 5.71 Å². The van der Waals surface area contributed by atoms with Gasteiger partial charge in [-0.15, -0.1) is 6.58 Å². The van der Waals surface area contributed by atoms with Gasteiger partial charge in [0.05, 0.1) is 12.3 Å². The molecule has 0 N–H and O–H groups in total. The largest absolute Gasteiger partial charge is 0.280 e.